The van der Waals surface area contributed by atoms with E-state index in [-0.39, 0.29) is 22.4 Å². The predicted octanol–water partition coefficient (Wildman–Crippen LogP) is 2.86. The maximum Gasteiger partial charge on any atom is 0.349 e. The number of hydrogen-bond donors (Lipinski definition) is 1. The molecule has 0 bridgehead atoms. The minimum Gasteiger partial charge on any atom is -0.465 e. The van der Waals surface area contributed by atoms with Crippen LogP contribution in [0.3, 0.4) is 0 Å². The van der Waals surface area contributed by atoms with Crippen LogP contribution in [-0.2, 0) is 14.8 Å². The van der Waals surface area contributed by atoms with Crippen molar-refractivity contribution < 1.29 is 22.4 Å². The predicted molar refractivity (Wildman–Crippen MR) is 103 cm³/mol. The van der Waals surface area contributed by atoms with Crippen molar-refractivity contribution in [2.45, 2.75) is 10.9 Å². The molecule has 0 amide bonds. The summed E-state index contributed by atoms with van der Waals surface area (Å²) in [6, 6.07) is 10.6. The van der Waals surface area contributed by atoms with Crippen molar-refractivity contribution in [3.63, 3.8) is 0 Å². The summed E-state index contributed by atoms with van der Waals surface area (Å²) in [6.07, 6.45) is 0. The van der Waals surface area contributed by atoms with E-state index in [2.05, 4.69) is 9.46 Å². The van der Waals surface area contributed by atoms with Gasteiger partial charge in [0.2, 0.25) is 10.0 Å². The Bertz CT molecular complexity index is 1020. The second kappa shape index (κ2) is 7.81. The van der Waals surface area contributed by atoms with Gasteiger partial charge in [-0.05, 0) is 37.7 Å². The zero-order valence-corrected chi connectivity index (χ0v) is 16.8. The van der Waals surface area contributed by atoms with Crippen molar-refractivity contribution in [1.82, 2.24) is 9.62 Å². The highest BCUT2D eigenvalue weighted by Crippen LogP contribution is 2.27. The molecule has 0 spiro atoms. The Morgan fingerprint density at radius 1 is 1.30 bits per heavy atom. The summed E-state index contributed by atoms with van der Waals surface area (Å²) in [6.45, 7) is 0.0889. The quantitative estimate of drug-likeness (QED) is 0.605. The van der Waals surface area contributed by atoms with Crippen molar-refractivity contribution in [3.05, 3.63) is 52.4 Å². The lowest BCUT2D eigenvalue weighted by molar-refractivity contribution is 0.0602. The summed E-state index contributed by atoms with van der Waals surface area (Å²) >= 11 is 1.03. The molecule has 9 heteroatoms. The van der Waals surface area contributed by atoms with Gasteiger partial charge in [0.15, 0.2) is 0 Å². The van der Waals surface area contributed by atoms with Crippen LogP contribution in [-0.4, -0.2) is 47.0 Å². The molecule has 0 unspecified atom stereocenters. The van der Waals surface area contributed by atoms with Gasteiger partial charge in [0, 0.05) is 11.9 Å². The molecule has 1 N–H and O–H groups in total. The lowest BCUT2D eigenvalue weighted by Gasteiger charge is -2.22. The van der Waals surface area contributed by atoms with Gasteiger partial charge in [-0.2, -0.15) is 0 Å². The van der Waals surface area contributed by atoms with Crippen molar-refractivity contribution in [2.24, 2.45) is 0 Å². The third-order valence-corrected chi connectivity index (χ3v) is 6.64. The Labute approximate surface area is 161 Å². The Morgan fingerprint density at radius 3 is 2.70 bits per heavy atom. The van der Waals surface area contributed by atoms with Crippen LogP contribution in [0.1, 0.15) is 21.5 Å². The molecule has 2 heterocycles. The average molecular weight is 409 g/mol. The molecule has 0 radical (unpaired) electrons. The van der Waals surface area contributed by atoms with Gasteiger partial charge in [0.05, 0.1) is 13.2 Å². The number of likely N-dealkylation sites (N-methyl/N-ethyl adjacent to an activating group) is 1. The first-order valence-corrected chi connectivity index (χ1v) is 10.5. The highest BCUT2D eigenvalue weighted by atomic mass is 32.2. The third kappa shape index (κ3) is 4.06. The molecular formula is C18H20N2O5S2. The van der Waals surface area contributed by atoms with E-state index in [1.165, 1.54) is 13.2 Å². The molecule has 0 aliphatic rings. The van der Waals surface area contributed by atoms with Gasteiger partial charge in [0.1, 0.15) is 21.1 Å². The summed E-state index contributed by atoms with van der Waals surface area (Å²) in [4.78, 5) is 13.6. The molecule has 1 aromatic carbocycles. The second-order valence-corrected chi connectivity index (χ2v) is 8.77. The Kier molecular flexibility index (Phi) is 5.66. The average Bonchev–Trinajstić information content (AvgIpc) is 3.28. The Morgan fingerprint density at radius 2 is 2.04 bits per heavy atom. The maximum absolute atomic E-state index is 12.7. The van der Waals surface area contributed by atoms with Gasteiger partial charge in [-0.3, -0.25) is 4.90 Å². The number of furan rings is 1. The molecule has 0 saturated heterocycles. The number of thiophene rings is 1. The molecule has 0 aliphatic heterocycles. The number of carbonyl (C=O) groups is 1. The number of nitrogens with one attached hydrogen (secondary N) is 1. The third-order valence-electron chi connectivity index (χ3n) is 4.15. The molecule has 3 aromatic rings. The molecule has 7 nitrogen and oxygen atoms in total. The van der Waals surface area contributed by atoms with E-state index in [1.54, 1.807) is 5.38 Å². The highest BCUT2D eigenvalue weighted by Gasteiger charge is 2.27. The van der Waals surface area contributed by atoms with Gasteiger partial charge in [0.25, 0.3) is 0 Å². The van der Waals surface area contributed by atoms with Crippen LogP contribution in [0.25, 0.3) is 11.0 Å². The number of nitrogens with zero attached hydrogens (tertiary/aromatic N) is 1. The van der Waals surface area contributed by atoms with Crippen LogP contribution in [0.5, 0.6) is 0 Å². The first-order valence-electron chi connectivity index (χ1n) is 8.14. The summed E-state index contributed by atoms with van der Waals surface area (Å²) in [5.74, 6) is -0.0192. The van der Waals surface area contributed by atoms with Crippen molar-refractivity contribution >= 4 is 38.3 Å². The fourth-order valence-corrected chi connectivity index (χ4v) is 5.09. The lowest BCUT2D eigenvalue weighted by atomic mass is 10.2. The van der Waals surface area contributed by atoms with E-state index in [0.29, 0.717) is 5.76 Å². The van der Waals surface area contributed by atoms with Crippen molar-refractivity contribution in [2.75, 3.05) is 27.7 Å². The summed E-state index contributed by atoms with van der Waals surface area (Å²) in [7, 11) is 1.03. The number of methoxy groups -OCH3 is 1. The molecule has 0 aliphatic carbocycles. The van der Waals surface area contributed by atoms with Crippen molar-refractivity contribution in [1.29, 1.82) is 0 Å². The number of esters is 1. The van der Waals surface area contributed by atoms with Gasteiger partial charge < -0.3 is 9.15 Å². The smallest absolute Gasteiger partial charge is 0.349 e. The van der Waals surface area contributed by atoms with E-state index in [4.69, 9.17) is 4.42 Å². The molecule has 0 fully saturated rings. The maximum atomic E-state index is 12.7. The van der Waals surface area contributed by atoms with Crippen LogP contribution in [0, 0.1) is 0 Å². The van der Waals surface area contributed by atoms with Crippen LogP contribution >= 0.6 is 11.3 Å². The van der Waals surface area contributed by atoms with Gasteiger partial charge in [-0.25, -0.2) is 17.9 Å². The molecule has 2 aromatic heterocycles. The van der Waals surface area contributed by atoms with Gasteiger partial charge in [-0.15, -0.1) is 11.3 Å². The standard InChI is InChI=1S/C18H20N2O5S2/c1-20(2)13(15-10-12-6-4-5-7-14(12)25-15)11-19-27(22,23)16-8-9-26-17(16)18(21)24-3/h4-10,13,19H,11H2,1-3H3/t13-/m1/s1. The summed E-state index contributed by atoms with van der Waals surface area (Å²) in [5, 5.41) is 2.50. The molecule has 144 valence electrons. The van der Waals surface area contributed by atoms with Crippen molar-refractivity contribution in [3.8, 4) is 0 Å². The van der Waals surface area contributed by atoms with E-state index in [1.807, 2.05) is 49.3 Å². The minimum atomic E-state index is -3.88. The molecule has 0 saturated carbocycles. The zero-order valence-electron chi connectivity index (χ0n) is 15.1. The summed E-state index contributed by atoms with van der Waals surface area (Å²) < 4.78 is 38.5. The number of fused-ring (bicyclic) bond motifs is 1. The first kappa shape index (κ1) is 19.6. The zero-order chi connectivity index (χ0) is 19.6. The largest absolute Gasteiger partial charge is 0.465 e. The van der Waals surface area contributed by atoms with Crippen LogP contribution in [0.15, 0.2) is 51.1 Å². The Balaban J connectivity index is 1.84. The normalized spacial score (nSPS) is 13.2. The van der Waals surface area contributed by atoms with Gasteiger partial charge in [-0.1, -0.05) is 18.2 Å². The molecule has 27 heavy (non-hydrogen) atoms. The fraction of sp³-hybridized carbons (Fsp3) is 0.278. The number of carbonyl (C=O) groups excluding carboxylic acids is 1. The number of rotatable bonds is 7. The van der Waals surface area contributed by atoms with Crippen LogP contribution < -0.4 is 4.72 Å². The number of ether oxygens (including phenoxy) is 1. The summed E-state index contributed by atoms with van der Waals surface area (Å²) in [5.41, 5.74) is 0.744. The van der Waals surface area contributed by atoms with E-state index in [0.717, 1.165) is 22.3 Å². The van der Waals surface area contributed by atoms with Crippen LogP contribution in [0.4, 0.5) is 0 Å². The highest BCUT2D eigenvalue weighted by molar-refractivity contribution is 7.89. The number of benzene rings is 1. The lowest BCUT2D eigenvalue weighted by Crippen LogP contribution is -2.34. The molecule has 3 rings (SSSR count). The topological polar surface area (TPSA) is 88.8 Å². The SMILES string of the molecule is COC(=O)c1sccc1S(=O)(=O)NC[C@H](c1cc2ccccc2o1)N(C)C. The first-order chi connectivity index (χ1) is 12.8. The van der Waals surface area contributed by atoms with Crippen LogP contribution in [0.2, 0.25) is 0 Å². The monoisotopic (exact) mass is 408 g/mol. The second-order valence-electron chi connectivity index (χ2n) is 6.12. The van der Waals surface area contributed by atoms with Gasteiger partial charge >= 0.3 is 5.97 Å². The number of sulfonamides is 1. The van der Waals surface area contributed by atoms with E-state index >= 15 is 0 Å². The van der Waals surface area contributed by atoms with E-state index in [9.17, 15) is 13.2 Å². The fourth-order valence-electron chi connectivity index (χ4n) is 2.72. The van der Waals surface area contributed by atoms with E-state index < -0.39 is 16.0 Å². The molecule has 1 atom stereocenters. The molecular weight excluding hydrogens is 388 g/mol. The Hall–Kier alpha value is -2.20. The number of para-hydroxylation sites is 1. The minimum absolute atomic E-state index is 0.0511. The number of hydrogen-bond acceptors (Lipinski definition) is 7.